The smallest absolute Gasteiger partial charge is 0.267 e. The van der Waals surface area contributed by atoms with Gasteiger partial charge in [0, 0.05) is 23.7 Å². The average Bonchev–Trinajstić information content (AvgIpc) is 3.33. The van der Waals surface area contributed by atoms with Crippen molar-refractivity contribution in [2.45, 2.75) is 77.3 Å². The quantitative estimate of drug-likeness (QED) is 0.880. The second kappa shape index (κ2) is 7.89. The van der Waals surface area contributed by atoms with Gasteiger partial charge in [0.1, 0.15) is 0 Å². The topological polar surface area (TPSA) is 81.8 Å². The fourth-order valence-electron chi connectivity index (χ4n) is 4.62. The standard InChI is InChI=1S/C21H29N5O2/c1-14-13-15(2)25(23-14)19-11-12-20(27)26(24-19)18-9-7-17(8-10-18)22-21(28)16-5-3-4-6-16/h11-13,16-18H,3-10H2,1-2H3,(H,22,28). The van der Waals surface area contributed by atoms with Crippen molar-refractivity contribution in [1.82, 2.24) is 24.9 Å². The molecule has 2 aromatic rings. The minimum Gasteiger partial charge on any atom is -0.353 e. The number of nitrogens with one attached hydrogen (secondary N) is 1. The first-order chi connectivity index (χ1) is 13.5. The van der Waals surface area contributed by atoms with E-state index in [1.54, 1.807) is 21.5 Å². The van der Waals surface area contributed by atoms with E-state index in [1.165, 1.54) is 12.8 Å². The Morgan fingerprint density at radius 1 is 1.04 bits per heavy atom. The van der Waals surface area contributed by atoms with Crippen molar-refractivity contribution < 1.29 is 4.79 Å². The highest BCUT2D eigenvalue weighted by Crippen LogP contribution is 2.29. The minimum atomic E-state index is -0.0799. The van der Waals surface area contributed by atoms with Crippen LogP contribution in [0.25, 0.3) is 5.82 Å². The van der Waals surface area contributed by atoms with Gasteiger partial charge in [-0.1, -0.05) is 12.8 Å². The van der Waals surface area contributed by atoms with Crippen molar-refractivity contribution in [3.8, 4) is 5.82 Å². The van der Waals surface area contributed by atoms with Crippen LogP contribution in [0.4, 0.5) is 0 Å². The molecule has 0 radical (unpaired) electrons. The van der Waals surface area contributed by atoms with Crippen LogP contribution < -0.4 is 10.9 Å². The van der Waals surface area contributed by atoms with Gasteiger partial charge in [0.25, 0.3) is 5.56 Å². The minimum absolute atomic E-state index is 0.0732. The molecular formula is C21H29N5O2. The van der Waals surface area contributed by atoms with Crippen LogP contribution in [-0.2, 0) is 4.79 Å². The number of hydrogen-bond acceptors (Lipinski definition) is 4. The zero-order valence-corrected chi connectivity index (χ0v) is 16.7. The first-order valence-corrected chi connectivity index (χ1v) is 10.4. The summed E-state index contributed by atoms with van der Waals surface area (Å²) in [7, 11) is 0. The van der Waals surface area contributed by atoms with Crippen LogP contribution in [0.2, 0.25) is 0 Å². The molecule has 2 saturated carbocycles. The molecule has 1 N–H and O–H groups in total. The third kappa shape index (κ3) is 3.88. The van der Waals surface area contributed by atoms with Crippen molar-refractivity contribution in [2.24, 2.45) is 5.92 Å². The molecule has 0 aliphatic heterocycles. The van der Waals surface area contributed by atoms with E-state index in [-0.39, 0.29) is 29.5 Å². The number of carbonyl (C=O) groups excluding carboxylic acids is 1. The van der Waals surface area contributed by atoms with Gasteiger partial charge in [-0.15, -0.1) is 5.10 Å². The molecule has 4 rings (SSSR count). The molecule has 1 amide bonds. The maximum absolute atomic E-state index is 12.4. The molecule has 2 aliphatic rings. The van der Waals surface area contributed by atoms with Crippen molar-refractivity contribution in [2.75, 3.05) is 0 Å². The lowest BCUT2D eigenvalue weighted by Gasteiger charge is -2.30. The lowest BCUT2D eigenvalue weighted by molar-refractivity contribution is -0.125. The Balaban J connectivity index is 1.43. The second-order valence-corrected chi connectivity index (χ2v) is 8.31. The third-order valence-corrected chi connectivity index (χ3v) is 6.15. The van der Waals surface area contributed by atoms with Gasteiger partial charge in [0.05, 0.1) is 11.7 Å². The van der Waals surface area contributed by atoms with E-state index in [4.69, 9.17) is 0 Å². The molecule has 0 unspecified atom stereocenters. The van der Waals surface area contributed by atoms with Gasteiger partial charge in [-0.2, -0.15) is 5.10 Å². The maximum Gasteiger partial charge on any atom is 0.267 e. The van der Waals surface area contributed by atoms with E-state index >= 15 is 0 Å². The molecule has 0 atom stereocenters. The first kappa shape index (κ1) is 18.9. The molecular weight excluding hydrogens is 354 g/mol. The Hall–Kier alpha value is -2.44. The number of amides is 1. The predicted molar refractivity (Wildman–Crippen MR) is 106 cm³/mol. The number of aromatic nitrogens is 4. The van der Waals surface area contributed by atoms with E-state index in [9.17, 15) is 9.59 Å². The predicted octanol–water partition coefficient (Wildman–Crippen LogP) is 2.84. The van der Waals surface area contributed by atoms with Crippen molar-refractivity contribution in [3.05, 3.63) is 39.9 Å². The molecule has 7 heteroatoms. The van der Waals surface area contributed by atoms with Crippen LogP contribution >= 0.6 is 0 Å². The molecule has 2 heterocycles. The van der Waals surface area contributed by atoms with Gasteiger partial charge in [-0.25, -0.2) is 9.36 Å². The van der Waals surface area contributed by atoms with Gasteiger partial charge in [0.2, 0.25) is 5.91 Å². The molecule has 150 valence electrons. The van der Waals surface area contributed by atoms with Crippen LogP contribution in [0.1, 0.15) is 68.8 Å². The first-order valence-electron chi connectivity index (χ1n) is 10.4. The maximum atomic E-state index is 12.4. The Morgan fingerprint density at radius 3 is 2.39 bits per heavy atom. The summed E-state index contributed by atoms with van der Waals surface area (Å²) in [4.78, 5) is 24.8. The third-order valence-electron chi connectivity index (χ3n) is 6.15. The van der Waals surface area contributed by atoms with Crippen molar-refractivity contribution in [1.29, 1.82) is 0 Å². The van der Waals surface area contributed by atoms with Gasteiger partial charge in [0.15, 0.2) is 5.82 Å². The monoisotopic (exact) mass is 383 g/mol. The Bertz CT molecular complexity index is 902. The number of hydrogen-bond donors (Lipinski definition) is 1. The Kier molecular flexibility index (Phi) is 5.33. The summed E-state index contributed by atoms with van der Waals surface area (Å²) < 4.78 is 3.39. The normalized spacial score (nSPS) is 23.1. The highest BCUT2D eigenvalue weighted by Gasteiger charge is 2.28. The Labute approximate surface area is 165 Å². The van der Waals surface area contributed by atoms with Gasteiger partial charge in [-0.05, 0) is 64.5 Å². The zero-order chi connectivity index (χ0) is 19.7. The number of rotatable bonds is 4. The number of nitrogens with zero attached hydrogens (tertiary/aromatic N) is 4. The van der Waals surface area contributed by atoms with Gasteiger partial charge < -0.3 is 5.32 Å². The highest BCUT2D eigenvalue weighted by atomic mass is 16.2. The highest BCUT2D eigenvalue weighted by molar-refractivity contribution is 5.79. The summed E-state index contributed by atoms with van der Waals surface area (Å²) in [5, 5.41) is 12.3. The number of aryl methyl sites for hydroxylation is 2. The largest absolute Gasteiger partial charge is 0.353 e. The molecule has 0 bridgehead atoms. The summed E-state index contributed by atoms with van der Waals surface area (Å²) in [6.45, 7) is 3.93. The molecule has 2 fully saturated rings. The summed E-state index contributed by atoms with van der Waals surface area (Å²) in [5.74, 6) is 1.10. The van der Waals surface area contributed by atoms with Crippen LogP contribution in [0.5, 0.6) is 0 Å². The molecule has 0 aromatic carbocycles. The molecule has 7 nitrogen and oxygen atoms in total. The lowest BCUT2D eigenvalue weighted by Crippen LogP contribution is -2.41. The van der Waals surface area contributed by atoms with Crippen LogP contribution in [0.3, 0.4) is 0 Å². The SMILES string of the molecule is Cc1cc(C)n(-c2ccc(=O)n(C3CCC(NC(=O)C4CCCC4)CC3)n2)n1. The van der Waals surface area contributed by atoms with Crippen LogP contribution in [0, 0.1) is 19.8 Å². The average molecular weight is 383 g/mol. The van der Waals surface area contributed by atoms with Crippen molar-refractivity contribution in [3.63, 3.8) is 0 Å². The van der Waals surface area contributed by atoms with Gasteiger partial charge >= 0.3 is 0 Å². The molecule has 0 saturated heterocycles. The van der Waals surface area contributed by atoms with E-state index in [0.717, 1.165) is 49.9 Å². The van der Waals surface area contributed by atoms with Crippen LogP contribution in [-0.4, -0.2) is 31.5 Å². The summed E-state index contributed by atoms with van der Waals surface area (Å²) >= 11 is 0. The van der Waals surface area contributed by atoms with Crippen molar-refractivity contribution >= 4 is 5.91 Å². The second-order valence-electron chi connectivity index (χ2n) is 8.31. The summed E-state index contributed by atoms with van der Waals surface area (Å²) in [6.07, 6.45) is 7.88. The summed E-state index contributed by atoms with van der Waals surface area (Å²) in [6, 6.07) is 5.59. The lowest BCUT2D eigenvalue weighted by atomic mass is 9.90. The molecule has 0 spiro atoms. The summed E-state index contributed by atoms with van der Waals surface area (Å²) in [5.41, 5.74) is 1.84. The van der Waals surface area contributed by atoms with E-state index < -0.39 is 0 Å². The fourth-order valence-corrected chi connectivity index (χ4v) is 4.62. The van der Waals surface area contributed by atoms with E-state index in [2.05, 4.69) is 15.5 Å². The van der Waals surface area contributed by atoms with E-state index in [1.807, 2.05) is 19.9 Å². The number of carbonyl (C=O) groups is 1. The van der Waals surface area contributed by atoms with Gasteiger partial charge in [-0.3, -0.25) is 9.59 Å². The zero-order valence-electron chi connectivity index (χ0n) is 16.7. The van der Waals surface area contributed by atoms with E-state index in [0.29, 0.717) is 5.82 Å². The molecule has 2 aliphatic carbocycles. The molecule has 2 aromatic heterocycles. The fraction of sp³-hybridized carbons (Fsp3) is 0.619. The molecule has 28 heavy (non-hydrogen) atoms. The Morgan fingerprint density at radius 2 is 1.75 bits per heavy atom. The van der Waals surface area contributed by atoms with Crippen LogP contribution in [0.15, 0.2) is 23.0 Å².